The first-order valence-corrected chi connectivity index (χ1v) is 11.5. The summed E-state index contributed by atoms with van der Waals surface area (Å²) in [6.07, 6.45) is 1.88. The van der Waals surface area contributed by atoms with Gasteiger partial charge < -0.3 is 9.47 Å². The van der Waals surface area contributed by atoms with E-state index < -0.39 is 0 Å². The van der Waals surface area contributed by atoms with Crippen LogP contribution in [0.5, 0.6) is 5.75 Å². The van der Waals surface area contributed by atoms with Crippen molar-refractivity contribution in [2.24, 2.45) is 0 Å². The molecule has 1 amide bonds. The molecule has 0 spiro atoms. The van der Waals surface area contributed by atoms with Gasteiger partial charge in [0.05, 0.1) is 36.2 Å². The van der Waals surface area contributed by atoms with Gasteiger partial charge in [0.25, 0.3) is 5.91 Å². The lowest BCUT2D eigenvalue weighted by atomic mass is 10.3. The Labute approximate surface area is 202 Å². The Kier molecular flexibility index (Phi) is 7.14. The molecule has 8 nitrogen and oxygen atoms in total. The fourth-order valence-corrected chi connectivity index (χ4v) is 4.96. The number of thiazole rings is 1. The predicted molar refractivity (Wildman–Crippen MR) is 132 cm³/mol. The normalized spacial score (nSPS) is 14.4. The zero-order valence-electron chi connectivity index (χ0n) is 18.6. The number of rotatable bonds is 6. The maximum Gasteiger partial charge on any atom is 0.279 e. The summed E-state index contributed by atoms with van der Waals surface area (Å²) in [4.78, 5) is 27.4. The summed E-state index contributed by atoms with van der Waals surface area (Å²) in [5.41, 5.74) is 2.86. The van der Waals surface area contributed by atoms with Crippen molar-refractivity contribution >= 4 is 50.6 Å². The molecule has 4 heterocycles. The summed E-state index contributed by atoms with van der Waals surface area (Å²) in [5.74, 6) is 0.652. The number of aromatic nitrogens is 3. The van der Waals surface area contributed by atoms with Crippen LogP contribution in [0.2, 0.25) is 0 Å². The molecule has 0 radical (unpaired) electrons. The number of carbonyl (C=O) groups excluding carboxylic acids is 1. The molecule has 1 aromatic carbocycles. The number of aryl methyl sites for hydroxylation is 1. The number of ether oxygens (including phenoxy) is 2. The molecule has 3 aromatic heterocycles. The van der Waals surface area contributed by atoms with Crippen LogP contribution in [0.1, 0.15) is 16.2 Å². The highest BCUT2D eigenvalue weighted by Gasteiger charge is 2.27. The number of hydrogen-bond donors (Lipinski definition) is 0. The smallest absolute Gasteiger partial charge is 0.279 e. The summed E-state index contributed by atoms with van der Waals surface area (Å²) in [7, 11) is 1.64. The van der Waals surface area contributed by atoms with Crippen molar-refractivity contribution in [1.82, 2.24) is 19.3 Å². The van der Waals surface area contributed by atoms with Crippen LogP contribution in [-0.2, 0) is 4.74 Å². The van der Waals surface area contributed by atoms with Gasteiger partial charge in [0.2, 0.25) is 0 Å². The maximum atomic E-state index is 13.9. The molecule has 0 N–H and O–H groups in total. The average Bonchev–Trinajstić information content (AvgIpc) is 3.39. The van der Waals surface area contributed by atoms with Crippen LogP contribution < -0.4 is 9.64 Å². The van der Waals surface area contributed by atoms with Crippen molar-refractivity contribution in [2.45, 2.75) is 6.92 Å². The molecule has 1 fully saturated rings. The molecule has 0 unspecified atom stereocenters. The third-order valence-corrected chi connectivity index (χ3v) is 6.77. The van der Waals surface area contributed by atoms with Gasteiger partial charge >= 0.3 is 0 Å². The largest absolute Gasteiger partial charge is 0.497 e. The maximum absolute atomic E-state index is 13.9. The summed E-state index contributed by atoms with van der Waals surface area (Å²) in [5, 5.41) is 0.678. The lowest BCUT2D eigenvalue weighted by Crippen LogP contribution is -2.43. The third-order valence-electron chi connectivity index (χ3n) is 5.71. The molecular weight excluding hydrogens is 462 g/mol. The van der Waals surface area contributed by atoms with Crippen molar-refractivity contribution in [3.63, 3.8) is 0 Å². The van der Waals surface area contributed by atoms with E-state index in [2.05, 4.69) is 9.88 Å². The zero-order chi connectivity index (χ0) is 22.1. The van der Waals surface area contributed by atoms with Crippen LogP contribution in [0.4, 0.5) is 5.13 Å². The number of anilines is 1. The van der Waals surface area contributed by atoms with Gasteiger partial charge in [-0.05, 0) is 31.2 Å². The second-order valence-corrected chi connectivity index (χ2v) is 8.72. The number of amides is 1. The minimum absolute atomic E-state index is 0. The number of nitrogens with zero attached hydrogens (tertiary/aromatic N) is 5. The van der Waals surface area contributed by atoms with Crippen LogP contribution in [0.25, 0.3) is 15.9 Å². The van der Waals surface area contributed by atoms with E-state index in [1.165, 1.54) is 11.3 Å². The van der Waals surface area contributed by atoms with E-state index in [1.54, 1.807) is 12.0 Å². The van der Waals surface area contributed by atoms with E-state index in [9.17, 15) is 4.79 Å². The Morgan fingerprint density at radius 1 is 1.21 bits per heavy atom. The third kappa shape index (κ3) is 4.67. The van der Waals surface area contributed by atoms with Crippen LogP contribution >= 0.6 is 23.7 Å². The molecule has 1 aliphatic heterocycles. The molecular formula is C23H26ClN5O3S. The molecule has 0 atom stereocenters. The van der Waals surface area contributed by atoms with Crippen LogP contribution in [0.3, 0.4) is 0 Å². The first-order valence-electron chi connectivity index (χ1n) is 10.6. The van der Waals surface area contributed by atoms with Gasteiger partial charge in [-0.15, -0.1) is 12.4 Å². The summed E-state index contributed by atoms with van der Waals surface area (Å²) in [6.45, 7) is 6.35. The minimum Gasteiger partial charge on any atom is -0.497 e. The fraction of sp³-hybridized carbons (Fsp3) is 0.348. The van der Waals surface area contributed by atoms with E-state index in [0.29, 0.717) is 23.1 Å². The predicted octanol–water partition coefficient (Wildman–Crippen LogP) is 3.66. The summed E-state index contributed by atoms with van der Waals surface area (Å²) < 4.78 is 13.7. The van der Waals surface area contributed by atoms with E-state index in [1.807, 2.05) is 53.9 Å². The molecule has 0 aliphatic carbocycles. The van der Waals surface area contributed by atoms with Crippen molar-refractivity contribution < 1.29 is 14.3 Å². The highest BCUT2D eigenvalue weighted by atomic mass is 35.5. The van der Waals surface area contributed by atoms with Gasteiger partial charge in [-0.1, -0.05) is 17.4 Å². The number of halogens is 1. The molecule has 0 saturated carbocycles. The topological polar surface area (TPSA) is 72.2 Å². The molecule has 5 rings (SSSR count). The highest BCUT2D eigenvalue weighted by Crippen LogP contribution is 2.32. The van der Waals surface area contributed by atoms with Crippen LogP contribution in [-0.4, -0.2) is 71.7 Å². The number of fused-ring (bicyclic) bond motifs is 2. The second kappa shape index (κ2) is 10.0. The van der Waals surface area contributed by atoms with Crippen LogP contribution in [0.15, 0.2) is 42.6 Å². The number of hydrogen-bond acceptors (Lipinski definition) is 7. The van der Waals surface area contributed by atoms with Gasteiger partial charge in [0, 0.05) is 38.4 Å². The molecule has 1 saturated heterocycles. The van der Waals surface area contributed by atoms with E-state index in [0.717, 1.165) is 54.5 Å². The Morgan fingerprint density at radius 2 is 2.03 bits per heavy atom. The van der Waals surface area contributed by atoms with Gasteiger partial charge in [-0.25, -0.2) is 9.97 Å². The van der Waals surface area contributed by atoms with E-state index >= 15 is 0 Å². The number of benzene rings is 1. The standard InChI is InChI=1S/C23H25N5O3S.ClH/c1-16-21(27-8-4-3-5-20(27)24-16)22(29)28(10-9-26-11-13-31-14-12-26)23-25-18-15-17(30-2)6-7-19(18)32-23;/h3-8,15H,9-14H2,1-2H3;1H. The number of pyridine rings is 1. The number of imidazole rings is 1. The number of carbonyl (C=O) groups is 1. The Morgan fingerprint density at radius 3 is 2.82 bits per heavy atom. The van der Waals surface area contributed by atoms with Crippen molar-refractivity contribution in [3.8, 4) is 5.75 Å². The van der Waals surface area contributed by atoms with Gasteiger partial charge in [0.1, 0.15) is 17.1 Å². The summed E-state index contributed by atoms with van der Waals surface area (Å²) >= 11 is 1.51. The Hall–Kier alpha value is -2.72. The van der Waals surface area contributed by atoms with Gasteiger partial charge in [0.15, 0.2) is 5.13 Å². The summed E-state index contributed by atoms with van der Waals surface area (Å²) in [6, 6.07) is 11.5. The lowest BCUT2D eigenvalue weighted by Gasteiger charge is -2.29. The molecule has 174 valence electrons. The van der Waals surface area contributed by atoms with Gasteiger partial charge in [-0.3, -0.25) is 19.0 Å². The first-order chi connectivity index (χ1) is 15.6. The van der Waals surface area contributed by atoms with Crippen LogP contribution in [0, 0.1) is 6.92 Å². The van der Waals surface area contributed by atoms with E-state index in [4.69, 9.17) is 14.5 Å². The Bertz CT molecular complexity index is 1270. The SMILES string of the molecule is COc1ccc2sc(N(CCN3CCOCC3)C(=O)c3c(C)nc4ccccn34)nc2c1.Cl. The Balaban J connectivity index is 0.00000259. The molecule has 0 bridgehead atoms. The quantitative estimate of drug-likeness (QED) is 0.413. The van der Waals surface area contributed by atoms with Crippen molar-refractivity contribution in [1.29, 1.82) is 0 Å². The number of morpholine rings is 1. The monoisotopic (exact) mass is 487 g/mol. The lowest BCUT2D eigenvalue weighted by molar-refractivity contribution is 0.0391. The van der Waals surface area contributed by atoms with E-state index in [-0.39, 0.29) is 18.3 Å². The van der Waals surface area contributed by atoms with Gasteiger partial charge in [-0.2, -0.15) is 0 Å². The fourth-order valence-electron chi connectivity index (χ4n) is 3.99. The molecule has 10 heteroatoms. The number of methoxy groups -OCH3 is 1. The van der Waals surface area contributed by atoms with Crippen molar-refractivity contribution in [2.75, 3.05) is 51.4 Å². The minimum atomic E-state index is -0.0968. The molecule has 4 aromatic rings. The first kappa shape index (κ1) is 23.4. The molecule has 1 aliphatic rings. The zero-order valence-corrected chi connectivity index (χ0v) is 20.2. The highest BCUT2D eigenvalue weighted by molar-refractivity contribution is 7.22. The average molecular weight is 488 g/mol. The van der Waals surface area contributed by atoms with Crippen molar-refractivity contribution in [3.05, 3.63) is 54.0 Å². The second-order valence-electron chi connectivity index (χ2n) is 7.72. The molecule has 33 heavy (non-hydrogen) atoms.